The average Bonchev–Trinajstić information content (AvgIpc) is 3.14. The van der Waals surface area contributed by atoms with Gasteiger partial charge in [0.1, 0.15) is 6.61 Å². The van der Waals surface area contributed by atoms with E-state index in [0.29, 0.717) is 25.6 Å². The molecule has 0 amide bonds. The van der Waals surface area contributed by atoms with Crippen LogP contribution < -0.4 is 0 Å². The molecule has 1 heterocycles. The van der Waals surface area contributed by atoms with E-state index < -0.39 is 0 Å². The molecule has 0 spiro atoms. The van der Waals surface area contributed by atoms with Gasteiger partial charge in [0.2, 0.25) is 0 Å². The fourth-order valence-corrected chi connectivity index (χ4v) is 3.21. The van der Waals surface area contributed by atoms with Crippen molar-refractivity contribution in [3.05, 3.63) is 18.7 Å². The number of unbranched alkanes of at least 4 members (excludes halogenated alkanes) is 2. The van der Waals surface area contributed by atoms with Crippen LogP contribution in [0.3, 0.4) is 0 Å². The Balaban J connectivity index is 1.70. The number of imidazole rings is 1. The van der Waals surface area contributed by atoms with E-state index in [0.717, 1.165) is 31.5 Å². The largest absolute Gasteiger partial charge is 0.466 e. The van der Waals surface area contributed by atoms with Crippen LogP contribution in [0.5, 0.6) is 0 Å². The molecule has 0 bridgehead atoms. The highest BCUT2D eigenvalue weighted by molar-refractivity contribution is 5.86. The summed E-state index contributed by atoms with van der Waals surface area (Å²) in [6.07, 6.45) is 15.1. The molecule has 6 nitrogen and oxygen atoms in total. The van der Waals surface area contributed by atoms with Crippen molar-refractivity contribution in [3.8, 4) is 0 Å². The Morgan fingerprint density at radius 3 is 2.80 bits per heavy atom. The van der Waals surface area contributed by atoms with E-state index in [2.05, 4.69) is 14.7 Å². The highest BCUT2D eigenvalue weighted by atomic mass is 16.6. The maximum Gasteiger partial charge on any atom is 0.305 e. The molecule has 0 unspecified atom stereocenters. The van der Waals surface area contributed by atoms with Crippen molar-refractivity contribution < 1.29 is 14.4 Å². The van der Waals surface area contributed by atoms with Gasteiger partial charge >= 0.3 is 5.97 Å². The summed E-state index contributed by atoms with van der Waals surface area (Å²) in [5.41, 5.74) is 1.13. The van der Waals surface area contributed by atoms with E-state index >= 15 is 0 Å². The van der Waals surface area contributed by atoms with Gasteiger partial charge in [0.25, 0.3) is 0 Å². The van der Waals surface area contributed by atoms with E-state index in [4.69, 9.17) is 9.57 Å². The number of carbonyl (C=O) groups is 1. The lowest BCUT2D eigenvalue weighted by Crippen LogP contribution is -2.23. The van der Waals surface area contributed by atoms with Crippen molar-refractivity contribution in [2.24, 2.45) is 11.1 Å². The zero-order valence-electron chi connectivity index (χ0n) is 15.4. The molecule has 6 heteroatoms. The Morgan fingerprint density at radius 1 is 1.24 bits per heavy atom. The molecule has 0 radical (unpaired) electrons. The first-order valence-corrected chi connectivity index (χ1v) is 9.59. The molecule has 1 aromatic heterocycles. The van der Waals surface area contributed by atoms with E-state index in [1.165, 1.54) is 32.1 Å². The molecular weight excluding hydrogens is 318 g/mol. The zero-order chi connectivity index (χ0) is 17.7. The molecule has 1 fully saturated rings. The van der Waals surface area contributed by atoms with Crippen LogP contribution >= 0.6 is 0 Å². The standard InChI is InChI=1S/C19H31N3O3/c1-2-24-19(23)11-7-4-8-14-25-21-18(15-22-13-12-20-16-22)17-9-5-3-6-10-17/h12-13,16-17H,2-11,14-15H2,1H3/b21-18+. The first-order chi connectivity index (χ1) is 12.3. The summed E-state index contributed by atoms with van der Waals surface area (Å²) in [4.78, 5) is 21.0. The number of esters is 1. The molecule has 2 rings (SSSR count). The summed E-state index contributed by atoms with van der Waals surface area (Å²) in [6, 6.07) is 0. The number of rotatable bonds is 11. The van der Waals surface area contributed by atoms with E-state index in [9.17, 15) is 4.79 Å². The second-order valence-corrected chi connectivity index (χ2v) is 6.60. The van der Waals surface area contributed by atoms with Crippen molar-refractivity contribution >= 4 is 11.7 Å². The van der Waals surface area contributed by atoms with Gasteiger partial charge in [0, 0.05) is 24.7 Å². The lowest BCUT2D eigenvalue weighted by atomic mass is 9.86. The number of carbonyl (C=O) groups excluding carboxylic acids is 1. The zero-order valence-corrected chi connectivity index (χ0v) is 15.4. The molecule has 0 N–H and O–H groups in total. The van der Waals surface area contributed by atoms with Gasteiger partial charge in [-0.15, -0.1) is 0 Å². The molecule has 140 valence electrons. The fourth-order valence-electron chi connectivity index (χ4n) is 3.21. The van der Waals surface area contributed by atoms with E-state index in [-0.39, 0.29) is 5.97 Å². The van der Waals surface area contributed by atoms with Crippen LogP contribution in [0.4, 0.5) is 0 Å². The van der Waals surface area contributed by atoms with Crippen molar-refractivity contribution in [2.75, 3.05) is 13.2 Å². The second-order valence-electron chi connectivity index (χ2n) is 6.60. The quantitative estimate of drug-likeness (QED) is 0.262. The second kappa shape index (κ2) is 11.7. The number of aromatic nitrogens is 2. The smallest absolute Gasteiger partial charge is 0.305 e. The van der Waals surface area contributed by atoms with Crippen molar-refractivity contribution in [1.29, 1.82) is 0 Å². The van der Waals surface area contributed by atoms with Gasteiger partial charge in [0.05, 0.1) is 25.2 Å². The Bertz CT molecular complexity index is 508. The Hall–Kier alpha value is -1.85. The van der Waals surface area contributed by atoms with Gasteiger partial charge in [-0.2, -0.15) is 0 Å². The summed E-state index contributed by atoms with van der Waals surface area (Å²) < 4.78 is 6.97. The van der Waals surface area contributed by atoms with Crippen molar-refractivity contribution in [1.82, 2.24) is 9.55 Å². The summed E-state index contributed by atoms with van der Waals surface area (Å²) in [7, 11) is 0. The summed E-state index contributed by atoms with van der Waals surface area (Å²) in [6.45, 7) is 3.64. The minimum Gasteiger partial charge on any atom is -0.466 e. The molecule has 1 saturated carbocycles. The van der Waals surface area contributed by atoms with Gasteiger partial charge in [-0.1, -0.05) is 24.4 Å². The summed E-state index contributed by atoms with van der Waals surface area (Å²) >= 11 is 0. The minimum absolute atomic E-state index is 0.110. The van der Waals surface area contributed by atoms with Gasteiger partial charge in [-0.05, 0) is 39.0 Å². The predicted octanol–water partition coefficient (Wildman–Crippen LogP) is 3.96. The molecule has 0 aromatic carbocycles. The monoisotopic (exact) mass is 349 g/mol. The van der Waals surface area contributed by atoms with Crippen LogP contribution in [0.1, 0.15) is 64.7 Å². The van der Waals surface area contributed by atoms with Crippen LogP contribution in [0.2, 0.25) is 0 Å². The lowest BCUT2D eigenvalue weighted by Gasteiger charge is -2.23. The van der Waals surface area contributed by atoms with Crippen molar-refractivity contribution in [2.45, 2.75) is 71.3 Å². The first-order valence-electron chi connectivity index (χ1n) is 9.59. The van der Waals surface area contributed by atoms with Crippen LogP contribution in [-0.2, 0) is 20.9 Å². The SMILES string of the molecule is CCOC(=O)CCCCCO/N=C(\Cn1ccnc1)C1CCCCC1. The lowest BCUT2D eigenvalue weighted by molar-refractivity contribution is -0.143. The number of ether oxygens (including phenoxy) is 1. The summed E-state index contributed by atoms with van der Waals surface area (Å²) in [5.74, 6) is 0.418. The Kier molecular flexibility index (Phi) is 9.08. The molecule has 25 heavy (non-hydrogen) atoms. The number of oxime groups is 1. The molecule has 1 aromatic rings. The third kappa shape index (κ3) is 7.71. The fraction of sp³-hybridized carbons (Fsp3) is 0.737. The Morgan fingerprint density at radius 2 is 2.08 bits per heavy atom. The van der Waals surface area contributed by atoms with Crippen LogP contribution in [0.15, 0.2) is 23.9 Å². The molecule has 1 aliphatic rings. The number of nitrogens with zero attached hydrogens (tertiary/aromatic N) is 3. The number of hydrogen-bond acceptors (Lipinski definition) is 5. The summed E-state index contributed by atoms with van der Waals surface area (Å²) in [5, 5.41) is 4.46. The van der Waals surface area contributed by atoms with Crippen molar-refractivity contribution in [3.63, 3.8) is 0 Å². The topological polar surface area (TPSA) is 65.7 Å². The van der Waals surface area contributed by atoms with Gasteiger partial charge in [0.15, 0.2) is 0 Å². The Labute approximate surface area is 150 Å². The highest BCUT2D eigenvalue weighted by Crippen LogP contribution is 2.25. The average molecular weight is 349 g/mol. The van der Waals surface area contributed by atoms with Crippen LogP contribution in [0.25, 0.3) is 0 Å². The third-order valence-corrected chi connectivity index (χ3v) is 4.58. The first kappa shape index (κ1) is 19.5. The van der Waals surface area contributed by atoms with E-state index in [1.54, 1.807) is 6.20 Å². The predicted molar refractivity (Wildman–Crippen MR) is 97.3 cm³/mol. The molecule has 0 saturated heterocycles. The molecule has 0 atom stereocenters. The normalized spacial score (nSPS) is 16.0. The molecular formula is C19H31N3O3. The van der Waals surface area contributed by atoms with Gasteiger partial charge < -0.3 is 14.1 Å². The molecule has 1 aliphatic carbocycles. The third-order valence-electron chi connectivity index (χ3n) is 4.58. The maximum atomic E-state index is 11.3. The van der Waals surface area contributed by atoms with Gasteiger partial charge in [-0.3, -0.25) is 4.79 Å². The molecule has 0 aliphatic heterocycles. The number of hydrogen-bond donors (Lipinski definition) is 0. The highest BCUT2D eigenvalue weighted by Gasteiger charge is 2.20. The van der Waals surface area contributed by atoms with E-state index in [1.807, 2.05) is 19.4 Å². The van der Waals surface area contributed by atoms with Gasteiger partial charge in [-0.25, -0.2) is 4.98 Å². The minimum atomic E-state index is -0.110. The maximum absolute atomic E-state index is 11.3. The van der Waals surface area contributed by atoms with Crippen LogP contribution in [0, 0.1) is 5.92 Å². The van der Waals surface area contributed by atoms with Crippen LogP contribution in [-0.4, -0.2) is 34.4 Å².